The highest BCUT2D eigenvalue weighted by Crippen LogP contribution is 2.28. The highest BCUT2D eigenvalue weighted by Gasteiger charge is 2.33. The Morgan fingerprint density at radius 1 is 1.23 bits per heavy atom. The molecule has 0 aliphatic carbocycles. The number of esters is 1. The minimum absolute atomic E-state index is 0.208. The molecule has 2 rings (SSSR count). The fourth-order valence-corrected chi connectivity index (χ4v) is 3.30. The molecule has 1 saturated heterocycles. The van der Waals surface area contributed by atoms with Gasteiger partial charge in [-0.05, 0) is 37.5 Å². The zero-order valence-corrected chi connectivity index (χ0v) is 15.8. The monoisotopic (exact) mass is 362 g/mol. The van der Waals surface area contributed by atoms with Crippen LogP contribution in [-0.4, -0.2) is 47.8 Å². The summed E-state index contributed by atoms with van der Waals surface area (Å²) in [6, 6.07) is 6.46. The standard InChI is InChI=1S/C20H30N2O4/c1-3-4-5-6-10-20(25)11-13-22(14-12-20)19(24)21-17-9-7-8-16(15-17)18(23)26-2/h7-9,15,25H,3-6,10-14H2,1-2H3,(H,21,24). The van der Waals surface area contributed by atoms with E-state index >= 15 is 0 Å². The van der Waals surface area contributed by atoms with Crippen molar-refractivity contribution in [1.82, 2.24) is 4.90 Å². The lowest BCUT2D eigenvalue weighted by Crippen LogP contribution is -2.48. The van der Waals surface area contributed by atoms with Crippen molar-refractivity contribution in [2.75, 3.05) is 25.5 Å². The predicted octanol–water partition coefficient (Wildman–Crippen LogP) is 3.80. The molecule has 2 amide bonds. The number of likely N-dealkylation sites (tertiary alicyclic amines) is 1. The lowest BCUT2D eigenvalue weighted by molar-refractivity contribution is -0.0197. The van der Waals surface area contributed by atoms with E-state index in [-0.39, 0.29) is 6.03 Å². The van der Waals surface area contributed by atoms with Crippen molar-refractivity contribution in [2.45, 2.75) is 57.5 Å². The summed E-state index contributed by atoms with van der Waals surface area (Å²) in [5.74, 6) is -0.438. The molecule has 1 aromatic carbocycles. The third-order valence-corrected chi connectivity index (χ3v) is 5.01. The van der Waals surface area contributed by atoms with Crippen molar-refractivity contribution in [3.05, 3.63) is 29.8 Å². The summed E-state index contributed by atoms with van der Waals surface area (Å²) in [7, 11) is 1.32. The van der Waals surface area contributed by atoms with Gasteiger partial charge in [0.05, 0.1) is 18.3 Å². The molecule has 6 nitrogen and oxygen atoms in total. The Balaban J connectivity index is 1.84. The van der Waals surface area contributed by atoms with Gasteiger partial charge in [-0.25, -0.2) is 9.59 Å². The van der Waals surface area contributed by atoms with Crippen LogP contribution in [0.2, 0.25) is 0 Å². The molecule has 0 atom stereocenters. The molecule has 1 aliphatic rings. The summed E-state index contributed by atoms with van der Waals surface area (Å²) in [5, 5.41) is 13.5. The van der Waals surface area contributed by atoms with E-state index in [0.717, 1.165) is 19.3 Å². The molecule has 2 N–H and O–H groups in total. The third-order valence-electron chi connectivity index (χ3n) is 5.01. The average molecular weight is 362 g/mol. The minimum Gasteiger partial charge on any atom is -0.465 e. The van der Waals surface area contributed by atoms with Crippen molar-refractivity contribution in [3.63, 3.8) is 0 Å². The van der Waals surface area contributed by atoms with E-state index in [4.69, 9.17) is 4.74 Å². The molecule has 1 heterocycles. The van der Waals surface area contributed by atoms with Crippen LogP contribution in [0.1, 0.15) is 62.2 Å². The second kappa shape index (κ2) is 9.57. The largest absolute Gasteiger partial charge is 0.465 e. The van der Waals surface area contributed by atoms with Gasteiger partial charge in [-0.15, -0.1) is 0 Å². The first-order valence-electron chi connectivity index (χ1n) is 9.44. The second-order valence-corrected chi connectivity index (χ2v) is 7.02. The number of hydrogen-bond donors (Lipinski definition) is 2. The summed E-state index contributed by atoms with van der Waals surface area (Å²) in [6.45, 7) is 3.24. The van der Waals surface area contributed by atoms with Crippen LogP contribution in [0.4, 0.5) is 10.5 Å². The highest BCUT2D eigenvalue weighted by molar-refractivity contribution is 5.93. The van der Waals surface area contributed by atoms with E-state index in [9.17, 15) is 14.7 Å². The first kappa shape index (κ1) is 20.2. The zero-order valence-electron chi connectivity index (χ0n) is 15.8. The maximum absolute atomic E-state index is 12.4. The number of aliphatic hydroxyl groups is 1. The SMILES string of the molecule is CCCCCCC1(O)CCN(C(=O)Nc2cccc(C(=O)OC)c2)CC1. The van der Waals surface area contributed by atoms with E-state index in [0.29, 0.717) is 37.2 Å². The summed E-state index contributed by atoms with van der Waals surface area (Å²) in [5.41, 5.74) is 0.304. The number of unbranched alkanes of at least 4 members (excludes halogenated alkanes) is 3. The minimum atomic E-state index is -0.644. The van der Waals surface area contributed by atoms with Gasteiger partial charge in [-0.3, -0.25) is 0 Å². The molecule has 0 spiro atoms. The summed E-state index contributed by atoms with van der Waals surface area (Å²) in [4.78, 5) is 25.7. The Bertz CT molecular complexity index is 610. The van der Waals surface area contributed by atoms with E-state index < -0.39 is 11.6 Å². The molecule has 0 saturated carbocycles. The van der Waals surface area contributed by atoms with Gasteiger partial charge < -0.3 is 20.1 Å². The Kier molecular flexibility index (Phi) is 7.45. The molecule has 1 aliphatic heterocycles. The molecule has 0 bridgehead atoms. The van der Waals surface area contributed by atoms with Crippen LogP contribution in [0.25, 0.3) is 0 Å². The Morgan fingerprint density at radius 2 is 1.96 bits per heavy atom. The van der Waals surface area contributed by atoms with E-state index in [1.165, 1.54) is 20.0 Å². The first-order chi connectivity index (χ1) is 12.5. The molecule has 0 unspecified atom stereocenters. The smallest absolute Gasteiger partial charge is 0.337 e. The molecule has 144 valence electrons. The van der Waals surface area contributed by atoms with Crippen molar-refractivity contribution < 1.29 is 19.4 Å². The van der Waals surface area contributed by atoms with Gasteiger partial charge in [-0.1, -0.05) is 38.7 Å². The molecular weight excluding hydrogens is 332 g/mol. The number of carbonyl (C=O) groups is 2. The number of nitrogens with one attached hydrogen (secondary N) is 1. The topological polar surface area (TPSA) is 78.9 Å². The maximum atomic E-state index is 12.4. The second-order valence-electron chi connectivity index (χ2n) is 7.02. The van der Waals surface area contributed by atoms with Crippen LogP contribution in [-0.2, 0) is 4.74 Å². The van der Waals surface area contributed by atoms with Gasteiger partial charge >= 0.3 is 12.0 Å². The predicted molar refractivity (Wildman–Crippen MR) is 101 cm³/mol. The number of methoxy groups -OCH3 is 1. The molecule has 0 radical (unpaired) electrons. The number of anilines is 1. The molecule has 26 heavy (non-hydrogen) atoms. The van der Waals surface area contributed by atoms with Crippen LogP contribution in [0.15, 0.2) is 24.3 Å². The molecule has 1 fully saturated rings. The third kappa shape index (κ3) is 5.73. The van der Waals surface area contributed by atoms with Crippen LogP contribution < -0.4 is 5.32 Å². The van der Waals surface area contributed by atoms with Crippen molar-refractivity contribution in [1.29, 1.82) is 0 Å². The number of hydrogen-bond acceptors (Lipinski definition) is 4. The Hall–Kier alpha value is -2.08. The average Bonchev–Trinajstić information content (AvgIpc) is 2.65. The maximum Gasteiger partial charge on any atom is 0.337 e. The Labute approximate surface area is 155 Å². The highest BCUT2D eigenvalue weighted by atomic mass is 16.5. The van der Waals surface area contributed by atoms with Gasteiger partial charge in [0.1, 0.15) is 0 Å². The number of amides is 2. The van der Waals surface area contributed by atoms with Crippen LogP contribution >= 0.6 is 0 Å². The number of nitrogens with zero attached hydrogens (tertiary/aromatic N) is 1. The lowest BCUT2D eigenvalue weighted by Gasteiger charge is -2.38. The number of ether oxygens (including phenoxy) is 1. The fraction of sp³-hybridized carbons (Fsp3) is 0.600. The van der Waals surface area contributed by atoms with Gasteiger partial charge in [0.2, 0.25) is 0 Å². The number of piperidine rings is 1. The summed E-state index contributed by atoms with van der Waals surface area (Å²) < 4.78 is 4.69. The van der Waals surface area contributed by atoms with E-state index in [2.05, 4.69) is 12.2 Å². The number of rotatable bonds is 7. The summed E-state index contributed by atoms with van der Waals surface area (Å²) in [6.07, 6.45) is 6.60. The fourth-order valence-electron chi connectivity index (χ4n) is 3.30. The van der Waals surface area contributed by atoms with Crippen LogP contribution in [0.3, 0.4) is 0 Å². The van der Waals surface area contributed by atoms with Gasteiger partial charge in [-0.2, -0.15) is 0 Å². The van der Waals surface area contributed by atoms with E-state index in [1.807, 2.05) is 0 Å². The molecular formula is C20H30N2O4. The Morgan fingerprint density at radius 3 is 2.62 bits per heavy atom. The van der Waals surface area contributed by atoms with E-state index in [1.54, 1.807) is 29.2 Å². The number of urea groups is 1. The van der Waals surface area contributed by atoms with Gasteiger partial charge in [0.15, 0.2) is 0 Å². The van der Waals surface area contributed by atoms with Crippen LogP contribution in [0.5, 0.6) is 0 Å². The van der Waals surface area contributed by atoms with Crippen molar-refractivity contribution in [3.8, 4) is 0 Å². The summed E-state index contributed by atoms with van der Waals surface area (Å²) >= 11 is 0. The number of benzene rings is 1. The first-order valence-corrected chi connectivity index (χ1v) is 9.44. The normalized spacial score (nSPS) is 16.2. The lowest BCUT2D eigenvalue weighted by atomic mass is 9.86. The van der Waals surface area contributed by atoms with Gasteiger partial charge in [0.25, 0.3) is 0 Å². The molecule has 6 heteroatoms. The van der Waals surface area contributed by atoms with Crippen molar-refractivity contribution >= 4 is 17.7 Å². The van der Waals surface area contributed by atoms with Crippen LogP contribution in [0, 0.1) is 0 Å². The molecule has 0 aromatic heterocycles. The number of carbonyl (C=O) groups excluding carboxylic acids is 2. The van der Waals surface area contributed by atoms with Crippen molar-refractivity contribution in [2.24, 2.45) is 0 Å². The van der Waals surface area contributed by atoms with Gasteiger partial charge in [0, 0.05) is 18.8 Å². The molecule has 1 aromatic rings. The quantitative estimate of drug-likeness (QED) is 0.571. The zero-order chi connectivity index (χ0) is 19.0.